The number of carbonyl (C=O) groups excluding carboxylic acids is 2. The predicted octanol–water partition coefficient (Wildman–Crippen LogP) is 5.33. The number of benzene rings is 2. The van der Waals surface area contributed by atoms with Crippen LogP contribution in [0.25, 0.3) is 0 Å². The molecule has 2 aromatic carbocycles. The molecule has 0 unspecified atom stereocenters. The summed E-state index contributed by atoms with van der Waals surface area (Å²) in [4.78, 5) is 28.7. The number of thiophene rings is 1. The van der Waals surface area contributed by atoms with Gasteiger partial charge in [-0.15, -0.1) is 11.3 Å². The van der Waals surface area contributed by atoms with Crippen LogP contribution in [0.1, 0.15) is 47.0 Å². The number of nitrogens with one attached hydrogen (secondary N) is 1. The maximum Gasteiger partial charge on any atom is 0.269 e. The molecule has 6 heteroatoms. The normalized spacial score (nSPS) is 15.0. The van der Waals surface area contributed by atoms with Crippen molar-refractivity contribution in [3.05, 3.63) is 88.4 Å². The van der Waals surface area contributed by atoms with E-state index >= 15 is 0 Å². The van der Waals surface area contributed by atoms with Crippen molar-refractivity contribution < 1.29 is 14.0 Å². The van der Waals surface area contributed by atoms with E-state index < -0.39 is 17.8 Å². The average Bonchev–Trinajstić information content (AvgIpc) is 3.47. The third-order valence-electron chi connectivity index (χ3n) is 5.39. The maximum atomic E-state index is 14.9. The first-order valence-electron chi connectivity index (χ1n) is 10.1. The number of anilines is 1. The van der Waals surface area contributed by atoms with E-state index in [4.69, 9.17) is 0 Å². The molecule has 2 amide bonds. The molecule has 3 aromatic rings. The number of nitrogens with zero attached hydrogens (tertiary/aromatic N) is 1. The molecule has 1 atom stereocenters. The Bertz CT molecular complexity index is 1000. The molecule has 4 nitrogen and oxygen atoms in total. The molecule has 0 aliphatic heterocycles. The van der Waals surface area contributed by atoms with E-state index in [1.54, 1.807) is 47.8 Å². The summed E-state index contributed by atoms with van der Waals surface area (Å²) in [5.41, 5.74) is 0.729. The van der Waals surface area contributed by atoms with Gasteiger partial charge in [-0.25, -0.2) is 4.39 Å². The van der Waals surface area contributed by atoms with E-state index in [-0.39, 0.29) is 17.6 Å². The Labute approximate surface area is 179 Å². The lowest BCUT2D eigenvalue weighted by Gasteiger charge is -2.32. The SMILES string of the molecule is O=C(NC1CCCC1)[C@@H](c1ccccc1)N(C(=O)c1cccs1)c1ccccc1F. The lowest BCUT2D eigenvalue weighted by atomic mass is 10.0. The largest absolute Gasteiger partial charge is 0.351 e. The number of amides is 2. The third kappa shape index (κ3) is 4.28. The average molecular weight is 423 g/mol. The van der Waals surface area contributed by atoms with Crippen LogP contribution in [0, 0.1) is 5.82 Å². The van der Waals surface area contributed by atoms with Gasteiger partial charge in [-0.3, -0.25) is 14.5 Å². The minimum Gasteiger partial charge on any atom is -0.351 e. The van der Waals surface area contributed by atoms with Gasteiger partial charge >= 0.3 is 0 Å². The summed E-state index contributed by atoms with van der Waals surface area (Å²) in [7, 11) is 0. The Balaban J connectivity index is 1.80. The van der Waals surface area contributed by atoms with Crippen molar-refractivity contribution in [1.82, 2.24) is 5.32 Å². The summed E-state index contributed by atoms with van der Waals surface area (Å²) in [6.07, 6.45) is 4.00. The summed E-state index contributed by atoms with van der Waals surface area (Å²) >= 11 is 1.27. The molecule has 4 rings (SSSR count). The molecule has 1 fully saturated rings. The number of hydrogen-bond donors (Lipinski definition) is 1. The summed E-state index contributed by atoms with van der Waals surface area (Å²) in [5.74, 6) is -1.23. The van der Waals surface area contributed by atoms with Crippen molar-refractivity contribution in [2.24, 2.45) is 0 Å². The van der Waals surface area contributed by atoms with Crippen LogP contribution in [0.4, 0.5) is 10.1 Å². The van der Waals surface area contributed by atoms with Crippen molar-refractivity contribution >= 4 is 28.8 Å². The minimum atomic E-state index is -0.974. The highest BCUT2D eigenvalue weighted by atomic mass is 32.1. The summed E-state index contributed by atoms with van der Waals surface area (Å²) in [6.45, 7) is 0. The van der Waals surface area contributed by atoms with Gasteiger partial charge in [0.2, 0.25) is 5.91 Å². The fourth-order valence-corrected chi connectivity index (χ4v) is 4.60. The van der Waals surface area contributed by atoms with Crippen molar-refractivity contribution in [3.63, 3.8) is 0 Å². The Hall–Kier alpha value is -2.99. The Morgan fingerprint density at radius 1 is 0.967 bits per heavy atom. The molecule has 1 N–H and O–H groups in total. The second-order valence-corrected chi connectivity index (χ2v) is 8.35. The van der Waals surface area contributed by atoms with Gasteiger partial charge in [0, 0.05) is 6.04 Å². The Morgan fingerprint density at radius 3 is 2.33 bits per heavy atom. The predicted molar refractivity (Wildman–Crippen MR) is 117 cm³/mol. The van der Waals surface area contributed by atoms with Crippen LogP contribution >= 0.6 is 11.3 Å². The zero-order valence-electron chi connectivity index (χ0n) is 16.5. The van der Waals surface area contributed by atoms with Gasteiger partial charge in [-0.05, 0) is 42.0 Å². The highest BCUT2D eigenvalue weighted by Crippen LogP contribution is 2.33. The van der Waals surface area contributed by atoms with Crippen LogP contribution in [0.3, 0.4) is 0 Å². The van der Waals surface area contributed by atoms with E-state index in [1.807, 2.05) is 18.2 Å². The highest BCUT2D eigenvalue weighted by Gasteiger charge is 2.36. The van der Waals surface area contributed by atoms with Gasteiger partial charge in [0.25, 0.3) is 5.91 Å². The molecule has 0 radical (unpaired) electrons. The van der Waals surface area contributed by atoms with Gasteiger partial charge in [0.05, 0.1) is 10.6 Å². The number of hydrogen-bond acceptors (Lipinski definition) is 3. The molecule has 1 heterocycles. The topological polar surface area (TPSA) is 49.4 Å². The monoisotopic (exact) mass is 422 g/mol. The van der Waals surface area contributed by atoms with Crippen LogP contribution in [-0.2, 0) is 4.79 Å². The Kier molecular flexibility index (Phi) is 6.23. The standard InChI is InChI=1S/C24H23FN2O2S/c25-19-13-6-7-14-20(19)27(24(29)21-15-8-16-30-21)22(17-9-2-1-3-10-17)23(28)26-18-11-4-5-12-18/h1-3,6-10,13-16,18,22H,4-5,11-12H2,(H,26,28)/t22-/m1/s1. The number of carbonyl (C=O) groups is 2. The van der Waals surface area contributed by atoms with E-state index in [0.717, 1.165) is 25.7 Å². The number of rotatable bonds is 6. The van der Waals surface area contributed by atoms with E-state index in [9.17, 15) is 14.0 Å². The molecule has 1 aliphatic carbocycles. The number of para-hydroxylation sites is 1. The lowest BCUT2D eigenvalue weighted by Crippen LogP contribution is -2.46. The van der Waals surface area contributed by atoms with E-state index in [1.165, 1.54) is 22.3 Å². The van der Waals surface area contributed by atoms with Gasteiger partial charge < -0.3 is 5.32 Å². The summed E-state index contributed by atoms with van der Waals surface area (Å²) in [6, 6.07) is 17.8. The van der Waals surface area contributed by atoms with Gasteiger partial charge in [0.1, 0.15) is 11.9 Å². The molecule has 0 bridgehead atoms. The Morgan fingerprint density at radius 2 is 1.67 bits per heavy atom. The first-order valence-corrected chi connectivity index (χ1v) is 11.0. The zero-order chi connectivity index (χ0) is 20.9. The van der Waals surface area contributed by atoms with Crippen LogP contribution in [0.15, 0.2) is 72.1 Å². The molecule has 154 valence electrons. The lowest BCUT2D eigenvalue weighted by molar-refractivity contribution is -0.123. The smallest absolute Gasteiger partial charge is 0.269 e. The molecular weight excluding hydrogens is 399 g/mol. The third-order valence-corrected chi connectivity index (χ3v) is 6.24. The van der Waals surface area contributed by atoms with Gasteiger partial charge in [0.15, 0.2) is 0 Å². The van der Waals surface area contributed by atoms with Crippen molar-refractivity contribution in [1.29, 1.82) is 0 Å². The molecule has 0 spiro atoms. The quantitative estimate of drug-likeness (QED) is 0.583. The van der Waals surface area contributed by atoms with Crippen molar-refractivity contribution in [3.8, 4) is 0 Å². The molecule has 0 saturated heterocycles. The fraction of sp³-hybridized carbons (Fsp3) is 0.250. The number of halogens is 1. The highest BCUT2D eigenvalue weighted by molar-refractivity contribution is 7.12. The second-order valence-electron chi connectivity index (χ2n) is 7.41. The van der Waals surface area contributed by atoms with Gasteiger partial charge in [-0.1, -0.05) is 61.4 Å². The first-order chi connectivity index (χ1) is 14.6. The van der Waals surface area contributed by atoms with Crippen LogP contribution < -0.4 is 10.2 Å². The van der Waals surface area contributed by atoms with Crippen LogP contribution in [-0.4, -0.2) is 17.9 Å². The second kappa shape index (κ2) is 9.22. The maximum absolute atomic E-state index is 14.9. The van der Waals surface area contributed by atoms with Crippen molar-refractivity contribution in [2.75, 3.05) is 4.90 Å². The van der Waals surface area contributed by atoms with E-state index in [0.29, 0.717) is 10.4 Å². The minimum absolute atomic E-state index is 0.0861. The van der Waals surface area contributed by atoms with Crippen molar-refractivity contribution in [2.45, 2.75) is 37.8 Å². The zero-order valence-corrected chi connectivity index (χ0v) is 17.3. The van der Waals surface area contributed by atoms with E-state index in [2.05, 4.69) is 5.32 Å². The molecular formula is C24H23FN2O2S. The molecule has 1 aliphatic rings. The fourth-order valence-electron chi connectivity index (χ4n) is 3.94. The molecule has 30 heavy (non-hydrogen) atoms. The van der Waals surface area contributed by atoms with Crippen LogP contribution in [0.5, 0.6) is 0 Å². The van der Waals surface area contributed by atoms with Crippen LogP contribution in [0.2, 0.25) is 0 Å². The molecule has 1 saturated carbocycles. The summed E-state index contributed by atoms with van der Waals surface area (Å²) in [5, 5.41) is 4.89. The summed E-state index contributed by atoms with van der Waals surface area (Å²) < 4.78 is 14.9. The molecule has 1 aromatic heterocycles. The first kappa shape index (κ1) is 20.3. The van der Waals surface area contributed by atoms with Gasteiger partial charge in [-0.2, -0.15) is 0 Å².